The summed E-state index contributed by atoms with van der Waals surface area (Å²) in [5.41, 5.74) is 2.72. The fourth-order valence-electron chi connectivity index (χ4n) is 5.76. The molecule has 222 valence electrons. The molecule has 44 heavy (non-hydrogen) atoms. The minimum absolute atomic E-state index is 0.137. The second-order valence-electron chi connectivity index (χ2n) is 10.4. The molecule has 6 aromatic rings. The number of carbonyl (C=O) groups is 1. The molecule has 0 spiro atoms. The van der Waals surface area contributed by atoms with Crippen LogP contribution in [0, 0.1) is 11.6 Å². The number of benzene rings is 4. The smallest absolute Gasteiger partial charge is 0.341 e. The number of aromatic hydroxyl groups is 1. The summed E-state index contributed by atoms with van der Waals surface area (Å²) in [6, 6.07) is 25.2. The standard InChI is InChI=1S/C35H28F2N2O5/c1-39-28-13-6-4-9-24(28)33(40)30(34(39)41)29(20-14-16-21(43-2)17-15-20)32-23(22-8-3-5-12-27(22)38-32)18-19-44-35(42)25-10-7-11-26(36)31(25)37/h3-17,29,38,40H,18-19H2,1-2H3. The zero-order valence-electron chi connectivity index (χ0n) is 23.9. The Balaban J connectivity index is 1.50. The van der Waals surface area contributed by atoms with E-state index >= 15 is 0 Å². The molecular weight excluding hydrogens is 566 g/mol. The van der Waals surface area contributed by atoms with Crippen LogP contribution >= 0.6 is 0 Å². The van der Waals surface area contributed by atoms with E-state index in [0.29, 0.717) is 27.9 Å². The lowest BCUT2D eigenvalue weighted by Crippen LogP contribution is -2.25. The van der Waals surface area contributed by atoms with Crippen molar-refractivity contribution in [2.45, 2.75) is 12.3 Å². The first-order chi connectivity index (χ1) is 21.3. The number of nitrogens with zero attached hydrogens (tertiary/aromatic N) is 1. The number of para-hydroxylation sites is 2. The molecule has 2 heterocycles. The maximum Gasteiger partial charge on any atom is 0.341 e. The molecule has 2 N–H and O–H groups in total. The number of rotatable bonds is 8. The number of nitrogens with one attached hydrogen (secondary N) is 1. The molecule has 9 heteroatoms. The van der Waals surface area contributed by atoms with Crippen LogP contribution in [0.4, 0.5) is 8.78 Å². The highest BCUT2D eigenvalue weighted by molar-refractivity contribution is 5.90. The van der Waals surface area contributed by atoms with Gasteiger partial charge in [0.05, 0.1) is 36.3 Å². The minimum Gasteiger partial charge on any atom is -0.507 e. The molecule has 0 aliphatic carbocycles. The van der Waals surface area contributed by atoms with E-state index < -0.39 is 29.1 Å². The Bertz CT molecular complexity index is 2080. The average Bonchev–Trinajstić information content (AvgIpc) is 3.41. The van der Waals surface area contributed by atoms with Crippen LogP contribution in [0.3, 0.4) is 0 Å². The van der Waals surface area contributed by atoms with Crippen LogP contribution < -0.4 is 10.3 Å². The molecule has 1 unspecified atom stereocenters. The zero-order valence-corrected chi connectivity index (χ0v) is 23.9. The van der Waals surface area contributed by atoms with E-state index in [9.17, 15) is 23.5 Å². The lowest BCUT2D eigenvalue weighted by Gasteiger charge is -2.22. The van der Waals surface area contributed by atoms with Gasteiger partial charge in [-0.2, -0.15) is 0 Å². The van der Waals surface area contributed by atoms with Crippen LogP contribution in [0.25, 0.3) is 21.8 Å². The van der Waals surface area contributed by atoms with Gasteiger partial charge in [-0.15, -0.1) is 0 Å². The maximum absolute atomic E-state index is 14.2. The van der Waals surface area contributed by atoms with Crippen molar-refractivity contribution in [1.29, 1.82) is 0 Å². The highest BCUT2D eigenvalue weighted by atomic mass is 19.2. The largest absolute Gasteiger partial charge is 0.507 e. The molecule has 6 rings (SSSR count). The van der Waals surface area contributed by atoms with Gasteiger partial charge in [0, 0.05) is 35.5 Å². The number of H-pyrrole nitrogens is 1. The first-order valence-electron chi connectivity index (χ1n) is 13.9. The number of esters is 1. The summed E-state index contributed by atoms with van der Waals surface area (Å²) in [6.07, 6.45) is 0.184. The van der Waals surface area contributed by atoms with Gasteiger partial charge in [-0.3, -0.25) is 4.79 Å². The van der Waals surface area contributed by atoms with Crippen molar-refractivity contribution in [3.63, 3.8) is 0 Å². The van der Waals surface area contributed by atoms with Crippen molar-refractivity contribution in [2.24, 2.45) is 7.05 Å². The van der Waals surface area contributed by atoms with Gasteiger partial charge in [0.2, 0.25) is 0 Å². The summed E-state index contributed by atoms with van der Waals surface area (Å²) >= 11 is 0. The molecule has 0 aliphatic rings. The summed E-state index contributed by atoms with van der Waals surface area (Å²) < 4.78 is 40.2. The van der Waals surface area contributed by atoms with E-state index in [1.54, 1.807) is 50.6 Å². The van der Waals surface area contributed by atoms with Gasteiger partial charge in [-0.25, -0.2) is 13.6 Å². The Kier molecular flexibility index (Phi) is 7.61. The van der Waals surface area contributed by atoms with Crippen LogP contribution in [0.15, 0.2) is 95.8 Å². The zero-order chi connectivity index (χ0) is 31.0. The van der Waals surface area contributed by atoms with Crippen LogP contribution in [0.2, 0.25) is 0 Å². The Morgan fingerprint density at radius 2 is 1.64 bits per heavy atom. The Labute approximate surface area is 250 Å². The second kappa shape index (κ2) is 11.7. The number of ether oxygens (including phenoxy) is 2. The van der Waals surface area contributed by atoms with Crippen LogP contribution in [0.5, 0.6) is 11.5 Å². The molecule has 7 nitrogen and oxygen atoms in total. The predicted molar refractivity (Wildman–Crippen MR) is 163 cm³/mol. The molecular formula is C35H28F2N2O5. The van der Waals surface area contributed by atoms with Crippen molar-refractivity contribution < 1.29 is 28.2 Å². The maximum atomic E-state index is 14.2. The third-order valence-electron chi connectivity index (χ3n) is 7.94. The van der Waals surface area contributed by atoms with Gasteiger partial charge in [0.25, 0.3) is 5.56 Å². The van der Waals surface area contributed by atoms with Gasteiger partial charge in [-0.05, 0) is 53.6 Å². The fraction of sp³-hybridized carbons (Fsp3) is 0.143. The van der Waals surface area contributed by atoms with Gasteiger partial charge in [0.1, 0.15) is 11.5 Å². The number of methoxy groups -OCH3 is 1. The lowest BCUT2D eigenvalue weighted by atomic mass is 9.85. The normalized spacial score (nSPS) is 12.0. The van der Waals surface area contributed by atoms with Crippen molar-refractivity contribution in [2.75, 3.05) is 13.7 Å². The highest BCUT2D eigenvalue weighted by Gasteiger charge is 2.30. The minimum atomic E-state index is -1.27. The Morgan fingerprint density at radius 3 is 2.39 bits per heavy atom. The van der Waals surface area contributed by atoms with Gasteiger partial charge < -0.3 is 24.1 Å². The number of fused-ring (bicyclic) bond motifs is 2. The van der Waals surface area contributed by atoms with Crippen molar-refractivity contribution >= 4 is 27.8 Å². The van der Waals surface area contributed by atoms with Crippen LogP contribution in [0.1, 0.15) is 38.7 Å². The number of pyridine rings is 1. The molecule has 4 aromatic carbocycles. The number of aryl methyl sites for hydroxylation is 1. The van der Waals surface area contributed by atoms with Gasteiger partial charge in [0.15, 0.2) is 11.6 Å². The van der Waals surface area contributed by atoms with E-state index in [4.69, 9.17) is 9.47 Å². The summed E-state index contributed by atoms with van der Waals surface area (Å²) in [5.74, 6) is -3.68. The predicted octanol–water partition coefficient (Wildman–Crippen LogP) is 6.59. The monoisotopic (exact) mass is 594 g/mol. The average molecular weight is 595 g/mol. The van der Waals surface area contributed by atoms with E-state index in [2.05, 4.69) is 4.98 Å². The first kappa shape index (κ1) is 28.7. The second-order valence-corrected chi connectivity index (χ2v) is 10.4. The third-order valence-corrected chi connectivity index (χ3v) is 7.94. The Hall–Kier alpha value is -5.44. The molecule has 0 saturated carbocycles. The SMILES string of the molecule is COc1ccc(C(c2[nH]c3ccccc3c2CCOC(=O)c2cccc(F)c2F)c2c(O)c3ccccc3n(C)c2=O)cc1. The Morgan fingerprint density at radius 1 is 0.932 bits per heavy atom. The first-order valence-corrected chi connectivity index (χ1v) is 13.9. The molecule has 2 aromatic heterocycles. The number of halogens is 2. The quantitative estimate of drug-likeness (QED) is 0.194. The summed E-state index contributed by atoms with van der Waals surface area (Å²) in [6.45, 7) is -0.152. The van der Waals surface area contributed by atoms with E-state index in [1.807, 2.05) is 36.4 Å². The molecule has 0 bridgehead atoms. The highest BCUT2D eigenvalue weighted by Crippen LogP contribution is 2.41. The third kappa shape index (κ3) is 4.96. The van der Waals surface area contributed by atoms with Crippen LogP contribution in [-0.2, 0) is 18.2 Å². The van der Waals surface area contributed by atoms with Gasteiger partial charge in [-0.1, -0.05) is 48.5 Å². The topological polar surface area (TPSA) is 93.5 Å². The van der Waals surface area contributed by atoms with Crippen molar-refractivity contribution in [1.82, 2.24) is 9.55 Å². The summed E-state index contributed by atoms with van der Waals surface area (Å²) in [4.78, 5) is 30.1. The number of aromatic nitrogens is 2. The number of aromatic amines is 1. The number of hydrogen-bond donors (Lipinski definition) is 2. The van der Waals surface area contributed by atoms with Crippen molar-refractivity contribution in [3.8, 4) is 11.5 Å². The number of carbonyl (C=O) groups excluding carboxylic acids is 1. The molecule has 0 fully saturated rings. The summed E-state index contributed by atoms with van der Waals surface area (Å²) in [5, 5.41) is 13.0. The number of hydrogen-bond acceptors (Lipinski definition) is 5. The lowest BCUT2D eigenvalue weighted by molar-refractivity contribution is 0.0502. The van der Waals surface area contributed by atoms with E-state index in [1.165, 1.54) is 10.6 Å². The molecule has 0 amide bonds. The molecule has 1 atom stereocenters. The van der Waals surface area contributed by atoms with E-state index in [-0.39, 0.29) is 29.9 Å². The van der Waals surface area contributed by atoms with E-state index in [0.717, 1.165) is 28.6 Å². The molecule has 0 aliphatic heterocycles. The van der Waals surface area contributed by atoms with Crippen LogP contribution in [-0.4, -0.2) is 34.3 Å². The van der Waals surface area contributed by atoms with Crippen molar-refractivity contribution in [3.05, 3.63) is 141 Å². The summed E-state index contributed by atoms with van der Waals surface area (Å²) in [7, 11) is 3.22. The van der Waals surface area contributed by atoms with Gasteiger partial charge >= 0.3 is 5.97 Å². The molecule has 0 saturated heterocycles. The fourth-order valence-corrected chi connectivity index (χ4v) is 5.76. The molecule has 0 radical (unpaired) electrons.